The minimum atomic E-state index is 0.140. The highest BCUT2D eigenvalue weighted by atomic mass is 79.9. The summed E-state index contributed by atoms with van der Waals surface area (Å²) in [5.41, 5.74) is 2.06. The number of benzene rings is 1. The van der Waals surface area contributed by atoms with E-state index in [1.807, 2.05) is 25.1 Å². The van der Waals surface area contributed by atoms with Gasteiger partial charge in [0.25, 0.3) is 0 Å². The molecular weight excluding hydrogens is 302 g/mol. The van der Waals surface area contributed by atoms with Crippen molar-refractivity contribution in [3.63, 3.8) is 0 Å². The fraction of sp³-hybridized carbons (Fsp3) is 0.562. The molecule has 19 heavy (non-hydrogen) atoms. The molecule has 104 valence electrons. The lowest BCUT2D eigenvalue weighted by Crippen LogP contribution is -2.14. The first kappa shape index (κ1) is 14.6. The first-order valence-electron chi connectivity index (χ1n) is 7.21. The average Bonchev–Trinajstić information content (AvgIpc) is 2.42. The topological polar surface area (TPSA) is 29.1 Å². The van der Waals surface area contributed by atoms with Gasteiger partial charge in [0.1, 0.15) is 0 Å². The average molecular weight is 324 g/mol. The SMILES string of the molecule is Cc1ccc(NC(=O)CCC2CCCCC2)cc1Br. The van der Waals surface area contributed by atoms with E-state index in [0.29, 0.717) is 6.42 Å². The molecule has 2 nitrogen and oxygen atoms in total. The normalized spacial score (nSPS) is 16.3. The van der Waals surface area contributed by atoms with Crippen molar-refractivity contribution in [2.45, 2.75) is 51.9 Å². The molecule has 0 atom stereocenters. The zero-order valence-corrected chi connectivity index (χ0v) is 13.1. The van der Waals surface area contributed by atoms with Gasteiger partial charge in [-0.15, -0.1) is 0 Å². The van der Waals surface area contributed by atoms with Gasteiger partial charge in [-0.25, -0.2) is 0 Å². The number of anilines is 1. The molecule has 1 aliphatic rings. The van der Waals surface area contributed by atoms with Crippen LogP contribution in [0.3, 0.4) is 0 Å². The molecule has 0 spiro atoms. The number of amides is 1. The molecule has 3 heteroatoms. The molecule has 0 aliphatic heterocycles. The first-order chi connectivity index (χ1) is 9.15. The van der Waals surface area contributed by atoms with Gasteiger partial charge in [0.2, 0.25) is 5.91 Å². The summed E-state index contributed by atoms with van der Waals surface area (Å²) in [6.45, 7) is 2.04. The fourth-order valence-electron chi connectivity index (χ4n) is 2.71. The Bertz CT molecular complexity index is 438. The monoisotopic (exact) mass is 323 g/mol. The molecule has 1 fully saturated rings. The van der Waals surface area contributed by atoms with E-state index in [9.17, 15) is 4.79 Å². The highest BCUT2D eigenvalue weighted by Gasteiger charge is 2.14. The lowest BCUT2D eigenvalue weighted by atomic mass is 9.86. The Hall–Kier alpha value is -0.830. The molecule has 0 saturated heterocycles. The predicted molar refractivity (Wildman–Crippen MR) is 83.3 cm³/mol. The van der Waals surface area contributed by atoms with E-state index in [4.69, 9.17) is 0 Å². The number of carbonyl (C=O) groups is 1. The molecule has 0 radical (unpaired) electrons. The van der Waals surface area contributed by atoms with Crippen LogP contribution in [-0.4, -0.2) is 5.91 Å². The quantitative estimate of drug-likeness (QED) is 0.824. The second-order valence-corrected chi connectivity index (χ2v) is 6.41. The molecule has 1 aromatic rings. The highest BCUT2D eigenvalue weighted by Crippen LogP contribution is 2.27. The van der Waals surface area contributed by atoms with Crippen LogP contribution in [0.25, 0.3) is 0 Å². The van der Waals surface area contributed by atoms with Crippen molar-refractivity contribution in [1.82, 2.24) is 0 Å². The van der Waals surface area contributed by atoms with E-state index in [-0.39, 0.29) is 5.91 Å². The Morgan fingerprint density at radius 2 is 2.05 bits per heavy atom. The summed E-state index contributed by atoms with van der Waals surface area (Å²) in [5.74, 6) is 0.908. The summed E-state index contributed by atoms with van der Waals surface area (Å²) < 4.78 is 1.04. The zero-order valence-electron chi connectivity index (χ0n) is 11.5. The summed E-state index contributed by atoms with van der Waals surface area (Å²) in [5, 5.41) is 2.98. The van der Waals surface area contributed by atoms with Gasteiger partial charge in [0.05, 0.1) is 0 Å². The Balaban J connectivity index is 1.78. The van der Waals surface area contributed by atoms with Crippen LogP contribution < -0.4 is 5.32 Å². The summed E-state index contributed by atoms with van der Waals surface area (Å²) in [7, 11) is 0. The minimum Gasteiger partial charge on any atom is -0.326 e. The standard InChI is InChI=1S/C16H22BrNO/c1-12-7-9-14(11-15(12)17)18-16(19)10-8-13-5-3-2-4-6-13/h7,9,11,13H,2-6,8,10H2,1H3,(H,18,19). The van der Waals surface area contributed by atoms with Gasteiger partial charge in [-0.3, -0.25) is 4.79 Å². The number of hydrogen-bond donors (Lipinski definition) is 1. The Kier molecular flexibility index (Phi) is 5.44. The van der Waals surface area contributed by atoms with Crippen LogP contribution in [0.5, 0.6) is 0 Å². The van der Waals surface area contributed by atoms with Gasteiger partial charge in [0, 0.05) is 16.6 Å². The Labute approximate surface area is 124 Å². The molecule has 1 amide bonds. The summed E-state index contributed by atoms with van der Waals surface area (Å²) in [6, 6.07) is 5.94. The highest BCUT2D eigenvalue weighted by molar-refractivity contribution is 9.10. The van der Waals surface area contributed by atoms with Gasteiger partial charge in [-0.1, -0.05) is 54.1 Å². The van der Waals surface area contributed by atoms with Crippen molar-refractivity contribution in [3.05, 3.63) is 28.2 Å². The fourth-order valence-corrected chi connectivity index (χ4v) is 3.08. The number of rotatable bonds is 4. The van der Waals surface area contributed by atoms with Gasteiger partial charge in [-0.2, -0.15) is 0 Å². The maximum absolute atomic E-state index is 11.9. The van der Waals surface area contributed by atoms with Crippen molar-refractivity contribution in [2.75, 3.05) is 5.32 Å². The lowest BCUT2D eigenvalue weighted by molar-refractivity contribution is -0.116. The van der Waals surface area contributed by atoms with E-state index >= 15 is 0 Å². The first-order valence-corrected chi connectivity index (χ1v) is 8.00. The molecule has 0 heterocycles. The maximum Gasteiger partial charge on any atom is 0.224 e. The van der Waals surface area contributed by atoms with Crippen molar-refractivity contribution in [2.24, 2.45) is 5.92 Å². The van der Waals surface area contributed by atoms with Crippen LogP contribution in [-0.2, 0) is 4.79 Å². The van der Waals surface area contributed by atoms with E-state index in [0.717, 1.165) is 22.5 Å². The largest absolute Gasteiger partial charge is 0.326 e. The van der Waals surface area contributed by atoms with Gasteiger partial charge in [-0.05, 0) is 37.0 Å². The van der Waals surface area contributed by atoms with E-state index in [1.54, 1.807) is 0 Å². The molecule has 1 saturated carbocycles. The number of nitrogens with one attached hydrogen (secondary N) is 1. The zero-order chi connectivity index (χ0) is 13.7. The minimum absolute atomic E-state index is 0.140. The summed E-state index contributed by atoms with van der Waals surface area (Å²) >= 11 is 3.49. The third-order valence-electron chi connectivity index (χ3n) is 3.96. The Morgan fingerprint density at radius 1 is 1.32 bits per heavy atom. The molecular formula is C16H22BrNO. The molecule has 1 N–H and O–H groups in total. The predicted octanol–water partition coefficient (Wildman–Crippen LogP) is 5.06. The van der Waals surface area contributed by atoms with Gasteiger partial charge < -0.3 is 5.32 Å². The van der Waals surface area contributed by atoms with Crippen LogP contribution >= 0.6 is 15.9 Å². The number of aryl methyl sites for hydroxylation is 1. The van der Waals surface area contributed by atoms with Gasteiger partial charge >= 0.3 is 0 Å². The van der Waals surface area contributed by atoms with Crippen LogP contribution in [0, 0.1) is 12.8 Å². The molecule has 0 unspecified atom stereocenters. The third-order valence-corrected chi connectivity index (χ3v) is 4.81. The summed E-state index contributed by atoms with van der Waals surface area (Å²) in [4.78, 5) is 11.9. The van der Waals surface area contributed by atoms with Crippen LogP contribution in [0.4, 0.5) is 5.69 Å². The van der Waals surface area contributed by atoms with Crippen molar-refractivity contribution in [3.8, 4) is 0 Å². The van der Waals surface area contributed by atoms with Crippen LogP contribution in [0.15, 0.2) is 22.7 Å². The third kappa shape index (κ3) is 4.64. The van der Waals surface area contributed by atoms with Crippen molar-refractivity contribution >= 4 is 27.5 Å². The number of halogens is 1. The van der Waals surface area contributed by atoms with E-state index in [1.165, 1.54) is 37.7 Å². The van der Waals surface area contributed by atoms with Crippen LogP contribution in [0.1, 0.15) is 50.5 Å². The molecule has 1 aromatic carbocycles. The summed E-state index contributed by atoms with van der Waals surface area (Å²) in [6.07, 6.45) is 8.37. The second kappa shape index (κ2) is 7.09. The molecule has 0 bridgehead atoms. The Morgan fingerprint density at radius 3 is 2.74 bits per heavy atom. The van der Waals surface area contributed by atoms with E-state index < -0.39 is 0 Å². The van der Waals surface area contributed by atoms with Crippen molar-refractivity contribution in [1.29, 1.82) is 0 Å². The van der Waals surface area contributed by atoms with Gasteiger partial charge in [0.15, 0.2) is 0 Å². The molecule has 1 aliphatic carbocycles. The maximum atomic E-state index is 11.9. The number of hydrogen-bond acceptors (Lipinski definition) is 1. The van der Waals surface area contributed by atoms with Crippen molar-refractivity contribution < 1.29 is 4.79 Å². The van der Waals surface area contributed by atoms with E-state index in [2.05, 4.69) is 21.2 Å². The molecule has 0 aromatic heterocycles. The van der Waals surface area contributed by atoms with Crippen LogP contribution in [0.2, 0.25) is 0 Å². The lowest BCUT2D eigenvalue weighted by Gasteiger charge is -2.21. The second-order valence-electron chi connectivity index (χ2n) is 5.55. The number of carbonyl (C=O) groups excluding carboxylic acids is 1. The smallest absolute Gasteiger partial charge is 0.224 e. The molecule has 2 rings (SSSR count).